The molecular weight excluding hydrogens is 228 g/mol. The van der Waals surface area contributed by atoms with Gasteiger partial charge in [-0.1, -0.05) is 0 Å². The molecule has 1 atom stereocenters. The van der Waals surface area contributed by atoms with Crippen molar-refractivity contribution in [2.45, 2.75) is 19.1 Å². The van der Waals surface area contributed by atoms with Gasteiger partial charge in [-0.2, -0.15) is 28.8 Å². The fourth-order valence-electron chi connectivity index (χ4n) is 1.13. The Balaban J connectivity index is 2.30. The minimum atomic E-state index is -0.910. The van der Waals surface area contributed by atoms with Crippen LogP contribution in [0.2, 0.25) is 0 Å². The molecule has 1 fully saturated rings. The summed E-state index contributed by atoms with van der Waals surface area (Å²) >= 11 is 3.84. The van der Waals surface area contributed by atoms with Gasteiger partial charge in [0.2, 0.25) is 5.91 Å². The molecule has 1 aliphatic heterocycles. The number of hydrogen-bond acceptors (Lipinski definition) is 4. The van der Waals surface area contributed by atoms with Crippen LogP contribution in [0.4, 0.5) is 0 Å². The first-order valence-corrected chi connectivity index (χ1v) is 7.15. The van der Waals surface area contributed by atoms with E-state index in [0.29, 0.717) is 11.8 Å². The van der Waals surface area contributed by atoms with Gasteiger partial charge in [0.05, 0.1) is 6.07 Å². The van der Waals surface area contributed by atoms with Gasteiger partial charge in [-0.25, -0.2) is 0 Å². The predicted molar refractivity (Wildman–Crippen MR) is 66.0 cm³/mol. The summed E-state index contributed by atoms with van der Waals surface area (Å²) in [6, 6.07) is 2.00. The molecule has 0 aromatic rings. The van der Waals surface area contributed by atoms with Crippen LogP contribution >= 0.6 is 23.5 Å². The van der Waals surface area contributed by atoms with E-state index in [1.54, 1.807) is 13.8 Å². The quantitative estimate of drug-likeness (QED) is 0.817. The fourth-order valence-corrected chi connectivity index (χ4v) is 3.74. The van der Waals surface area contributed by atoms with Crippen LogP contribution in [0.15, 0.2) is 0 Å². The zero-order valence-corrected chi connectivity index (χ0v) is 10.7. The topological polar surface area (TPSA) is 52.9 Å². The number of carbonyl (C=O) groups is 1. The van der Waals surface area contributed by atoms with Gasteiger partial charge in [0.25, 0.3) is 0 Å². The lowest BCUT2D eigenvalue weighted by atomic mass is 9.95. The van der Waals surface area contributed by atoms with E-state index in [-0.39, 0.29) is 5.91 Å². The summed E-state index contributed by atoms with van der Waals surface area (Å²) in [7, 11) is 0. The summed E-state index contributed by atoms with van der Waals surface area (Å²) in [5.74, 6) is 3.30. The number of rotatable bonds is 3. The highest BCUT2D eigenvalue weighted by Crippen LogP contribution is 2.23. The van der Waals surface area contributed by atoms with Gasteiger partial charge in [-0.3, -0.25) is 4.79 Å². The Morgan fingerprint density at radius 2 is 2.33 bits per heavy atom. The third-order valence-corrected chi connectivity index (χ3v) is 5.07. The van der Waals surface area contributed by atoms with Crippen LogP contribution in [0.3, 0.4) is 0 Å². The van der Waals surface area contributed by atoms with Crippen LogP contribution in [0, 0.1) is 16.7 Å². The molecule has 1 aliphatic rings. The third-order valence-electron chi connectivity index (χ3n) is 2.22. The van der Waals surface area contributed by atoms with Crippen LogP contribution in [0.1, 0.15) is 13.8 Å². The van der Waals surface area contributed by atoms with Gasteiger partial charge in [-0.05, 0) is 13.8 Å². The minimum absolute atomic E-state index is 0.166. The van der Waals surface area contributed by atoms with Gasteiger partial charge in [0.15, 0.2) is 0 Å². The molecule has 0 aromatic heterocycles. The summed E-state index contributed by atoms with van der Waals surface area (Å²) in [5, 5.41) is 12.1. The zero-order chi connectivity index (χ0) is 11.3. The summed E-state index contributed by atoms with van der Waals surface area (Å²) in [6.07, 6.45) is 0. The molecule has 0 aromatic carbocycles. The van der Waals surface area contributed by atoms with Crippen molar-refractivity contribution in [1.82, 2.24) is 5.32 Å². The lowest BCUT2D eigenvalue weighted by Gasteiger charge is -2.23. The van der Waals surface area contributed by atoms with Gasteiger partial charge < -0.3 is 5.32 Å². The van der Waals surface area contributed by atoms with Crippen molar-refractivity contribution in [3.8, 4) is 6.07 Å². The number of nitrogens with zero attached hydrogens (tertiary/aromatic N) is 1. The fraction of sp³-hybridized carbons (Fsp3) is 0.800. The van der Waals surface area contributed by atoms with Crippen molar-refractivity contribution < 1.29 is 4.79 Å². The lowest BCUT2D eigenvalue weighted by Crippen LogP contribution is -2.40. The second-order valence-electron chi connectivity index (χ2n) is 4.01. The molecule has 3 nitrogen and oxygen atoms in total. The average molecular weight is 244 g/mol. The SMILES string of the molecule is CC(C)(C#N)C(=O)NCC1CSCCS1. The second kappa shape index (κ2) is 5.66. The smallest absolute Gasteiger partial charge is 0.239 e. The van der Waals surface area contributed by atoms with E-state index in [0.717, 1.165) is 11.5 Å². The number of nitrogens with one attached hydrogen (secondary N) is 1. The molecule has 84 valence electrons. The van der Waals surface area contributed by atoms with Crippen LogP contribution in [0.5, 0.6) is 0 Å². The average Bonchev–Trinajstić information content (AvgIpc) is 2.27. The molecular formula is C10H16N2OS2. The maximum Gasteiger partial charge on any atom is 0.239 e. The van der Waals surface area contributed by atoms with Gasteiger partial charge in [0, 0.05) is 29.1 Å². The van der Waals surface area contributed by atoms with Crippen LogP contribution in [-0.2, 0) is 4.79 Å². The van der Waals surface area contributed by atoms with Crippen molar-refractivity contribution in [3.63, 3.8) is 0 Å². The van der Waals surface area contributed by atoms with Crippen LogP contribution in [0.25, 0.3) is 0 Å². The summed E-state index contributed by atoms with van der Waals surface area (Å²) in [5.41, 5.74) is -0.910. The van der Waals surface area contributed by atoms with Crippen LogP contribution in [-0.4, -0.2) is 35.0 Å². The van der Waals surface area contributed by atoms with Crippen molar-refractivity contribution in [1.29, 1.82) is 5.26 Å². The molecule has 1 heterocycles. The van der Waals surface area contributed by atoms with Crippen LogP contribution < -0.4 is 5.32 Å². The highest BCUT2D eigenvalue weighted by atomic mass is 32.2. The monoisotopic (exact) mass is 244 g/mol. The predicted octanol–water partition coefficient (Wildman–Crippen LogP) is 1.50. The number of amides is 1. The lowest BCUT2D eigenvalue weighted by molar-refractivity contribution is -0.126. The summed E-state index contributed by atoms with van der Waals surface area (Å²) < 4.78 is 0. The molecule has 1 saturated heterocycles. The third kappa shape index (κ3) is 3.96. The number of carbonyl (C=O) groups excluding carboxylic acids is 1. The van der Waals surface area contributed by atoms with E-state index in [1.165, 1.54) is 5.75 Å². The number of hydrogen-bond donors (Lipinski definition) is 1. The first kappa shape index (κ1) is 12.7. The Morgan fingerprint density at radius 3 is 2.87 bits per heavy atom. The number of thioether (sulfide) groups is 2. The highest BCUT2D eigenvalue weighted by Gasteiger charge is 2.27. The molecule has 5 heteroatoms. The standard InChI is InChI=1S/C10H16N2OS2/c1-10(2,7-11)9(13)12-5-8-6-14-3-4-15-8/h8H,3-6H2,1-2H3,(H,12,13). The van der Waals surface area contributed by atoms with Crippen molar-refractivity contribution in [2.24, 2.45) is 5.41 Å². The Morgan fingerprint density at radius 1 is 1.60 bits per heavy atom. The molecule has 1 rings (SSSR count). The molecule has 0 aliphatic carbocycles. The summed E-state index contributed by atoms with van der Waals surface area (Å²) in [6.45, 7) is 3.97. The molecule has 1 unspecified atom stereocenters. The molecule has 0 bridgehead atoms. The molecule has 0 radical (unpaired) electrons. The first-order chi connectivity index (χ1) is 7.06. The number of nitriles is 1. The Labute approximate surface area is 99.4 Å². The Hall–Kier alpha value is -0.340. The first-order valence-electron chi connectivity index (χ1n) is 4.95. The maximum atomic E-state index is 11.6. The van der Waals surface area contributed by atoms with Crippen molar-refractivity contribution >= 4 is 29.4 Å². The van der Waals surface area contributed by atoms with E-state index in [4.69, 9.17) is 5.26 Å². The van der Waals surface area contributed by atoms with Gasteiger partial charge in [0.1, 0.15) is 5.41 Å². The molecule has 0 saturated carbocycles. The van der Waals surface area contributed by atoms with E-state index in [2.05, 4.69) is 5.32 Å². The van der Waals surface area contributed by atoms with E-state index >= 15 is 0 Å². The molecule has 0 spiro atoms. The van der Waals surface area contributed by atoms with Crippen molar-refractivity contribution in [3.05, 3.63) is 0 Å². The van der Waals surface area contributed by atoms with Gasteiger partial charge >= 0.3 is 0 Å². The normalized spacial score (nSPS) is 21.8. The van der Waals surface area contributed by atoms with E-state index in [1.807, 2.05) is 29.6 Å². The zero-order valence-electron chi connectivity index (χ0n) is 9.08. The maximum absolute atomic E-state index is 11.6. The second-order valence-corrected chi connectivity index (χ2v) is 6.57. The molecule has 15 heavy (non-hydrogen) atoms. The molecule has 1 N–H and O–H groups in total. The van der Waals surface area contributed by atoms with E-state index < -0.39 is 5.41 Å². The summed E-state index contributed by atoms with van der Waals surface area (Å²) in [4.78, 5) is 11.6. The molecule has 1 amide bonds. The highest BCUT2D eigenvalue weighted by molar-refractivity contribution is 8.06. The Bertz CT molecular complexity index is 267. The Kier molecular flexibility index (Phi) is 4.81. The van der Waals surface area contributed by atoms with Gasteiger partial charge in [-0.15, -0.1) is 0 Å². The minimum Gasteiger partial charge on any atom is -0.354 e. The van der Waals surface area contributed by atoms with E-state index in [9.17, 15) is 4.79 Å². The largest absolute Gasteiger partial charge is 0.354 e. The van der Waals surface area contributed by atoms with Crippen molar-refractivity contribution in [2.75, 3.05) is 23.8 Å².